The number of hydrogen-bond acceptors (Lipinski definition) is 2. The van der Waals surface area contributed by atoms with Gasteiger partial charge in [0, 0.05) is 6.54 Å². The number of nitrogens with zero attached hydrogens (tertiary/aromatic N) is 1. The van der Waals surface area contributed by atoms with E-state index in [2.05, 4.69) is 12.2 Å². The number of rotatable bonds is 7. The van der Waals surface area contributed by atoms with Crippen molar-refractivity contribution < 1.29 is 9.59 Å². The molecular weight excluding hydrogens is 216 g/mol. The van der Waals surface area contributed by atoms with Crippen molar-refractivity contribution in [3.05, 3.63) is 0 Å². The van der Waals surface area contributed by atoms with E-state index in [1.165, 1.54) is 12.8 Å². The van der Waals surface area contributed by atoms with Crippen molar-refractivity contribution in [1.29, 1.82) is 0 Å². The summed E-state index contributed by atoms with van der Waals surface area (Å²) in [5, 5.41) is 2.45. The quantitative estimate of drug-likeness (QED) is 0.549. The average Bonchev–Trinajstić information content (AvgIpc) is 2.56. The van der Waals surface area contributed by atoms with E-state index in [1.54, 1.807) is 4.90 Å². The third kappa shape index (κ3) is 2.61. The molecule has 1 fully saturated rings. The lowest BCUT2D eigenvalue weighted by molar-refractivity contribution is -0.127. The fraction of sp³-hybridized carbons (Fsp3) is 0.846. The first-order valence-corrected chi connectivity index (χ1v) is 6.75. The Hall–Kier alpha value is -1.06. The van der Waals surface area contributed by atoms with Crippen LogP contribution in [0.4, 0.5) is 4.79 Å². The van der Waals surface area contributed by atoms with Crippen LogP contribution < -0.4 is 5.32 Å². The molecule has 0 unspecified atom stereocenters. The van der Waals surface area contributed by atoms with Gasteiger partial charge in [-0.1, -0.05) is 40.0 Å². The van der Waals surface area contributed by atoms with E-state index >= 15 is 0 Å². The minimum atomic E-state index is -0.594. The third-order valence-corrected chi connectivity index (χ3v) is 3.81. The maximum absolute atomic E-state index is 11.9. The molecule has 4 heteroatoms. The van der Waals surface area contributed by atoms with Gasteiger partial charge in [-0.2, -0.15) is 0 Å². The number of carbonyl (C=O) groups is 2. The summed E-state index contributed by atoms with van der Waals surface area (Å²) in [6.07, 6.45) is 5.85. The average molecular weight is 240 g/mol. The predicted octanol–water partition coefficient (Wildman–Crippen LogP) is 2.68. The molecule has 3 amide bonds. The van der Waals surface area contributed by atoms with Crippen LogP contribution in [0.15, 0.2) is 0 Å². The number of hydrogen-bond donors (Lipinski definition) is 1. The Bertz CT molecular complexity index is 285. The lowest BCUT2D eigenvalue weighted by Gasteiger charge is -2.33. The van der Waals surface area contributed by atoms with Gasteiger partial charge in [-0.05, 0) is 19.3 Å². The minimum Gasteiger partial charge on any atom is -0.310 e. The van der Waals surface area contributed by atoms with Gasteiger partial charge in [0.05, 0.1) is 0 Å². The van der Waals surface area contributed by atoms with Crippen molar-refractivity contribution >= 4 is 11.9 Å². The van der Waals surface area contributed by atoms with Crippen LogP contribution in [-0.2, 0) is 4.79 Å². The molecule has 0 bridgehead atoms. The molecule has 1 heterocycles. The molecule has 0 spiro atoms. The SMILES string of the molecule is CCCCCCN1C(=O)NC(=O)C1(CC)CC. The van der Waals surface area contributed by atoms with E-state index in [4.69, 9.17) is 0 Å². The summed E-state index contributed by atoms with van der Waals surface area (Å²) in [7, 11) is 0. The fourth-order valence-electron chi connectivity index (χ4n) is 2.56. The van der Waals surface area contributed by atoms with Crippen molar-refractivity contribution in [1.82, 2.24) is 10.2 Å². The zero-order chi connectivity index (χ0) is 12.9. The maximum Gasteiger partial charge on any atom is 0.325 e. The van der Waals surface area contributed by atoms with Crippen molar-refractivity contribution in [2.24, 2.45) is 0 Å². The normalized spacial score (nSPS) is 18.6. The number of carbonyl (C=O) groups excluding carboxylic acids is 2. The molecule has 1 N–H and O–H groups in total. The Balaban J connectivity index is 2.66. The van der Waals surface area contributed by atoms with Crippen LogP contribution in [0, 0.1) is 0 Å². The molecule has 0 aromatic rings. The first-order valence-electron chi connectivity index (χ1n) is 6.75. The predicted molar refractivity (Wildman–Crippen MR) is 67.7 cm³/mol. The Kier molecular flexibility index (Phi) is 4.97. The second-order valence-electron chi connectivity index (χ2n) is 4.71. The van der Waals surface area contributed by atoms with Gasteiger partial charge in [-0.3, -0.25) is 10.1 Å². The van der Waals surface area contributed by atoms with Gasteiger partial charge in [-0.25, -0.2) is 4.79 Å². The monoisotopic (exact) mass is 240 g/mol. The summed E-state index contributed by atoms with van der Waals surface area (Å²) in [4.78, 5) is 25.4. The highest BCUT2D eigenvalue weighted by Gasteiger charge is 2.49. The molecule has 0 saturated carbocycles. The highest BCUT2D eigenvalue weighted by atomic mass is 16.2. The largest absolute Gasteiger partial charge is 0.325 e. The van der Waals surface area contributed by atoms with E-state index in [1.807, 2.05) is 13.8 Å². The summed E-state index contributed by atoms with van der Waals surface area (Å²) in [6.45, 7) is 6.80. The molecule has 1 aliphatic heterocycles. The summed E-state index contributed by atoms with van der Waals surface area (Å²) >= 11 is 0. The summed E-state index contributed by atoms with van der Waals surface area (Å²) < 4.78 is 0. The standard InChI is InChI=1S/C13H24N2O2/c1-4-7-8-9-10-15-12(17)14-11(16)13(15,5-2)6-3/h4-10H2,1-3H3,(H,14,16,17). The summed E-state index contributed by atoms with van der Waals surface area (Å²) in [5.41, 5.74) is -0.594. The molecule has 1 aliphatic rings. The molecule has 98 valence electrons. The van der Waals surface area contributed by atoms with Crippen LogP contribution in [0.25, 0.3) is 0 Å². The smallest absolute Gasteiger partial charge is 0.310 e. The molecule has 0 aromatic carbocycles. The maximum atomic E-state index is 11.9. The number of amides is 3. The van der Waals surface area contributed by atoms with Crippen molar-refractivity contribution in [2.45, 2.75) is 64.8 Å². The van der Waals surface area contributed by atoms with Gasteiger partial charge in [0.15, 0.2) is 0 Å². The molecule has 4 nitrogen and oxygen atoms in total. The summed E-state index contributed by atoms with van der Waals surface area (Å²) in [5.74, 6) is -0.122. The lowest BCUT2D eigenvalue weighted by atomic mass is 9.91. The van der Waals surface area contributed by atoms with Gasteiger partial charge in [0.25, 0.3) is 5.91 Å². The molecule has 0 atom stereocenters. The molecule has 17 heavy (non-hydrogen) atoms. The van der Waals surface area contributed by atoms with Crippen LogP contribution >= 0.6 is 0 Å². The molecular formula is C13H24N2O2. The van der Waals surface area contributed by atoms with Crippen LogP contribution in [0.3, 0.4) is 0 Å². The molecule has 1 rings (SSSR count). The third-order valence-electron chi connectivity index (χ3n) is 3.81. The fourth-order valence-corrected chi connectivity index (χ4v) is 2.56. The van der Waals surface area contributed by atoms with Crippen molar-refractivity contribution in [3.63, 3.8) is 0 Å². The van der Waals surface area contributed by atoms with Crippen molar-refractivity contribution in [2.75, 3.05) is 6.54 Å². The van der Waals surface area contributed by atoms with Gasteiger partial charge < -0.3 is 4.90 Å². The molecule has 1 saturated heterocycles. The van der Waals surface area contributed by atoms with Crippen LogP contribution in [0.5, 0.6) is 0 Å². The Morgan fingerprint density at radius 2 is 1.71 bits per heavy atom. The van der Waals surface area contributed by atoms with E-state index < -0.39 is 5.54 Å². The van der Waals surface area contributed by atoms with Gasteiger partial charge in [-0.15, -0.1) is 0 Å². The topological polar surface area (TPSA) is 49.4 Å². The number of unbranched alkanes of at least 4 members (excludes halogenated alkanes) is 3. The molecule has 0 aliphatic carbocycles. The Morgan fingerprint density at radius 1 is 1.06 bits per heavy atom. The minimum absolute atomic E-state index is 0.122. The number of nitrogens with one attached hydrogen (secondary N) is 1. The Labute approximate surface area is 104 Å². The van der Waals surface area contributed by atoms with Gasteiger partial charge in [0.2, 0.25) is 0 Å². The number of imide groups is 1. The van der Waals surface area contributed by atoms with Crippen LogP contribution in [0.2, 0.25) is 0 Å². The summed E-state index contributed by atoms with van der Waals surface area (Å²) in [6, 6.07) is -0.213. The van der Waals surface area contributed by atoms with E-state index in [9.17, 15) is 9.59 Å². The second-order valence-corrected chi connectivity index (χ2v) is 4.71. The van der Waals surface area contributed by atoms with E-state index in [-0.39, 0.29) is 11.9 Å². The van der Waals surface area contributed by atoms with Gasteiger partial charge >= 0.3 is 6.03 Å². The highest BCUT2D eigenvalue weighted by Crippen LogP contribution is 2.29. The van der Waals surface area contributed by atoms with E-state index in [0.29, 0.717) is 19.4 Å². The zero-order valence-electron chi connectivity index (χ0n) is 11.2. The van der Waals surface area contributed by atoms with E-state index in [0.717, 1.165) is 12.8 Å². The number of urea groups is 1. The molecule has 0 radical (unpaired) electrons. The first-order chi connectivity index (χ1) is 8.12. The van der Waals surface area contributed by atoms with Crippen LogP contribution in [0.1, 0.15) is 59.3 Å². The first kappa shape index (κ1) is 14.0. The Morgan fingerprint density at radius 3 is 2.24 bits per heavy atom. The highest BCUT2D eigenvalue weighted by molar-refractivity contribution is 6.06. The van der Waals surface area contributed by atoms with Gasteiger partial charge in [0.1, 0.15) is 5.54 Å². The van der Waals surface area contributed by atoms with Crippen LogP contribution in [-0.4, -0.2) is 28.9 Å². The molecule has 0 aromatic heterocycles. The second kappa shape index (κ2) is 6.03. The van der Waals surface area contributed by atoms with Crippen molar-refractivity contribution in [3.8, 4) is 0 Å². The zero-order valence-corrected chi connectivity index (χ0v) is 11.2. The lowest BCUT2D eigenvalue weighted by Crippen LogP contribution is -2.49.